The number of piperazine rings is 1. The van der Waals surface area contributed by atoms with E-state index in [-0.39, 0.29) is 5.56 Å². The van der Waals surface area contributed by atoms with Gasteiger partial charge in [-0.3, -0.25) is 4.79 Å². The molecular weight excluding hydrogens is 501 g/mol. The summed E-state index contributed by atoms with van der Waals surface area (Å²) in [6.07, 6.45) is -2.84. The molecule has 37 heavy (non-hydrogen) atoms. The van der Waals surface area contributed by atoms with E-state index in [1.165, 1.54) is 0 Å². The van der Waals surface area contributed by atoms with Crippen molar-refractivity contribution in [1.29, 1.82) is 0 Å². The monoisotopic (exact) mass is 523 g/mol. The molecule has 8 nitrogen and oxygen atoms in total. The fraction of sp³-hybridized carbons (Fsp3) is 0.333. The van der Waals surface area contributed by atoms with Crippen LogP contribution in [0.2, 0.25) is 0 Å². The Hall–Kier alpha value is -4.03. The fourth-order valence-electron chi connectivity index (χ4n) is 3.68. The second kappa shape index (κ2) is 10.5. The number of nitrogens with zero attached hydrogens (tertiary/aromatic N) is 4. The molecule has 0 bridgehead atoms. The number of hydrogen-bond acceptors (Lipinski definition) is 6. The SMILES string of the molecule is O=C(O)C(F)(F)F.O=C(c1cc(F)ccc1F)N1CCN(c2nc3ccccc3nc2NC2CC2)CC1. The smallest absolute Gasteiger partial charge is 0.475 e. The van der Waals surface area contributed by atoms with Crippen LogP contribution in [0.15, 0.2) is 42.5 Å². The molecule has 5 rings (SSSR count). The van der Waals surface area contributed by atoms with Gasteiger partial charge in [0.25, 0.3) is 5.91 Å². The number of rotatable bonds is 4. The number of benzene rings is 2. The Balaban J connectivity index is 0.000000405. The zero-order valence-corrected chi connectivity index (χ0v) is 19.3. The number of hydrogen-bond donors (Lipinski definition) is 2. The Labute approximate surface area is 207 Å². The molecule has 0 atom stereocenters. The van der Waals surface area contributed by atoms with Crippen LogP contribution >= 0.6 is 0 Å². The summed E-state index contributed by atoms with van der Waals surface area (Å²) in [4.78, 5) is 34.8. The number of fused-ring (bicyclic) bond motifs is 1. The summed E-state index contributed by atoms with van der Waals surface area (Å²) in [6, 6.07) is 11.1. The molecule has 2 aliphatic rings. The predicted octanol–water partition coefficient (Wildman–Crippen LogP) is 4.08. The Morgan fingerprint density at radius 2 is 1.54 bits per heavy atom. The highest BCUT2D eigenvalue weighted by molar-refractivity contribution is 5.94. The first-order valence-electron chi connectivity index (χ1n) is 11.4. The van der Waals surface area contributed by atoms with Gasteiger partial charge in [0.15, 0.2) is 11.6 Å². The van der Waals surface area contributed by atoms with Crippen molar-refractivity contribution in [3.05, 3.63) is 59.7 Å². The maximum absolute atomic E-state index is 14.0. The zero-order valence-electron chi connectivity index (χ0n) is 19.3. The minimum Gasteiger partial charge on any atom is -0.475 e. The molecule has 0 unspecified atom stereocenters. The molecule has 196 valence electrons. The van der Waals surface area contributed by atoms with Gasteiger partial charge in [0.05, 0.1) is 16.6 Å². The quantitative estimate of drug-likeness (QED) is 0.498. The van der Waals surface area contributed by atoms with Crippen molar-refractivity contribution in [2.45, 2.75) is 25.1 Å². The summed E-state index contributed by atoms with van der Waals surface area (Å²) in [7, 11) is 0. The number of aliphatic carboxylic acids is 1. The maximum Gasteiger partial charge on any atom is 0.490 e. The van der Waals surface area contributed by atoms with Crippen LogP contribution in [0.1, 0.15) is 23.2 Å². The van der Waals surface area contributed by atoms with E-state index in [1.807, 2.05) is 24.3 Å². The van der Waals surface area contributed by atoms with Gasteiger partial charge in [-0.05, 0) is 43.2 Å². The lowest BCUT2D eigenvalue weighted by molar-refractivity contribution is -0.192. The molecule has 1 amide bonds. The second-order valence-electron chi connectivity index (χ2n) is 8.51. The van der Waals surface area contributed by atoms with E-state index in [2.05, 4.69) is 10.2 Å². The van der Waals surface area contributed by atoms with Crippen molar-refractivity contribution in [3.8, 4) is 0 Å². The van der Waals surface area contributed by atoms with E-state index in [4.69, 9.17) is 19.9 Å². The molecule has 2 fully saturated rings. The molecule has 1 aromatic heterocycles. The molecule has 13 heteroatoms. The van der Waals surface area contributed by atoms with Crippen molar-refractivity contribution >= 4 is 34.5 Å². The molecule has 2 heterocycles. The average molecular weight is 523 g/mol. The van der Waals surface area contributed by atoms with Crippen LogP contribution < -0.4 is 10.2 Å². The van der Waals surface area contributed by atoms with E-state index in [9.17, 15) is 26.7 Å². The number of amides is 1. The van der Waals surface area contributed by atoms with E-state index in [1.54, 1.807) is 4.90 Å². The predicted molar refractivity (Wildman–Crippen MR) is 124 cm³/mol. The standard InChI is InChI=1S/C22H21F2N5O.C2HF3O2/c23-14-5-8-17(24)16(13-14)22(30)29-11-9-28(10-12-29)21-20(25-15-6-7-15)26-18-3-1-2-4-19(18)27-21;3-2(4,5)1(6)7/h1-5,8,13,15H,6-7,9-12H2,(H,25,26);(H,6,7). The highest BCUT2D eigenvalue weighted by Gasteiger charge is 2.38. The van der Waals surface area contributed by atoms with Crippen molar-refractivity contribution in [1.82, 2.24) is 14.9 Å². The van der Waals surface area contributed by atoms with Gasteiger partial charge in [0, 0.05) is 32.2 Å². The van der Waals surface area contributed by atoms with E-state index in [0.717, 1.165) is 53.7 Å². The van der Waals surface area contributed by atoms with Crippen molar-refractivity contribution in [2.75, 3.05) is 36.4 Å². The lowest BCUT2D eigenvalue weighted by Crippen LogP contribution is -2.49. The Morgan fingerprint density at radius 1 is 0.946 bits per heavy atom. The van der Waals surface area contributed by atoms with Gasteiger partial charge in [0.2, 0.25) is 0 Å². The number of carboxylic acids is 1. The molecule has 1 saturated carbocycles. The molecule has 0 spiro atoms. The Bertz CT molecular complexity index is 1310. The summed E-state index contributed by atoms with van der Waals surface area (Å²) >= 11 is 0. The minimum atomic E-state index is -5.08. The van der Waals surface area contributed by atoms with Gasteiger partial charge in [-0.1, -0.05) is 12.1 Å². The topological polar surface area (TPSA) is 98.7 Å². The lowest BCUT2D eigenvalue weighted by Gasteiger charge is -2.36. The summed E-state index contributed by atoms with van der Waals surface area (Å²) in [5.74, 6) is -3.06. The number of para-hydroxylation sites is 2. The first kappa shape index (κ1) is 26.0. The third-order valence-corrected chi connectivity index (χ3v) is 5.74. The number of nitrogens with one attached hydrogen (secondary N) is 1. The van der Waals surface area contributed by atoms with E-state index < -0.39 is 29.7 Å². The Kier molecular flexibility index (Phi) is 7.41. The van der Waals surface area contributed by atoms with Crippen LogP contribution in [0.25, 0.3) is 11.0 Å². The van der Waals surface area contributed by atoms with Gasteiger partial charge in [-0.15, -0.1) is 0 Å². The fourth-order valence-corrected chi connectivity index (χ4v) is 3.68. The lowest BCUT2D eigenvalue weighted by atomic mass is 10.1. The van der Waals surface area contributed by atoms with Crippen molar-refractivity contribution in [3.63, 3.8) is 0 Å². The molecule has 3 aromatic rings. The number of alkyl halides is 3. The first-order chi connectivity index (χ1) is 17.5. The summed E-state index contributed by atoms with van der Waals surface area (Å²) in [6.45, 7) is 1.86. The number of aromatic nitrogens is 2. The minimum absolute atomic E-state index is 0.231. The molecule has 2 N–H and O–H groups in total. The van der Waals surface area contributed by atoms with Gasteiger partial charge in [-0.25, -0.2) is 23.5 Å². The van der Waals surface area contributed by atoms with Crippen LogP contribution in [0.5, 0.6) is 0 Å². The van der Waals surface area contributed by atoms with E-state index >= 15 is 0 Å². The molecule has 1 saturated heterocycles. The highest BCUT2D eigenvalue weighted by Crippen LogP contribution is 2.31. The molecule has 2 aromatic carbocycles. The third kappa shape index (κ3) is 6.40. The van der Waals surface area contributed by atoms with Crippen LogP contribution in [0, 0.1) is 11.6 Å². The second-order valence-corrected chi connectivity index (χ2v) is 8.51. The number of anilines is 2. The van der Waals surface area contributed by atoms with Crippen molar-refractivity contribution in [2.24, 2.45) is 0 Å². The van der Waals surface area contributed by atoms with Crippen molar-refractivity contribution < 1.29 is 36.6 Å². The Morgan fingerprint density at radius 3 is 2.11 bits per heavy atom. The van der Waals surface area contributed by atoms with Crippen LogP contribution in [-0.4, -0.2) is 70.2 Å². The molecule has 1 aliphatic heterocycles. The van der Waals surface area contributed by atoms with Crippen LogP contribution in [0.4, 0.5) is 33.6 Å². The average Bonchev–Trinajstić information content (AvgIpc) is 3.69. The van der Waals surface area contributed by atoms with Gasteiger partial charge >= 0.3 is 12.1 Å². The first-order valence-corrected chi connectivity index (χ1v) is 11.4. The molecular formula is C24H22F5N5O3. The van der Waals surface area contributed by atoms with Gasteiger partial charge in [0.1, 0.15) is 11.6 Å². The number of carboxylic acid groups (broad SMARTS) is 1. The molecule has 0 radical (unpaired) electrons. The van der Waals surface area contributed by atoms with Gasteiger partial charge < -0.3 is 20.2 Å². The number of halogens is 5. The highest BCUT2D eigenvalue weighted by atomic mass is 19.4. The third-order valence-electron chi connectivity index (χ3n) is 5.74. The normalized spacial score (nSPS) is 15.7. The van der Waals surface area contributed by atoms with Crippen LogP contribution in [-0.2, 0) is 4.79 Å². The maximum atomic E-state index is 14.0. The summed E-state index contributed by atoms with van der Waals surface area (Å²) in [5.41, 5.74) is 1.42. The van der Waals surface area contributed by atoms with Gasteiger partial charge in [-0.2, -0.15) is 13.2 Å². The number of carbonyl (C=O) groups is 2. The number of carbonyl (C=O) groups excluding carboxylic acids is 1. The summed E-state index contributed by atoms with van der Waals surface area (Å²) < 4.78 is 59.2. The summed E-state index contributed by atoms with van der Waals surface area (Å²) in [5, 5.41) is 10.6. The van der Waals surface area contributed by atoms with Crippen LogP contribution in [0.3, 0.4) is 0 Å². The molecule has 1 aliphatic carbocycles. The largest absolute Gasteiger partial charge is 0.490 e. The van der Waals surface area contributed by atoms with E-state index in [0.29, 0.717) is 32.2 Å². The zero-order chi connectivity index (χ0) is 26.7.